The fourth-order valence-electron chi connectivity index (χ4n) is 2.06. The zero-order valence-corrected chi connectivity index (χ0v) is 12.9. The average Bonchev–Trinajstić information content (AvgIpc) is 2.88. The number of anilines is 1. The van der Waals surface area contributed by atoms with Crippen molar-refractivity contribution in [3.63, 3.8) is 0 Å². The van der Waals surface area contributed by atoms with E-state index in [4.69, 9.17) is 16.0 Å². The summed E-state index contributed by atoms with van der Waals surface area (Å²) in [6, 6.07) is 4.56. The summed E-state index contributed by atoms with van der Waals surface area (Å²) in [7, 11) is 0. The third-order valence-electron chi connectivity index (χ3n) is 3.04. The van der Waals surface area contributed by atoms with Crippen LogP contribution in [0.4, 0.5) is 18.9 Å². The summed E-state index contributed by atoms with van der Waals surface area (Å²) in [6.45, 7) is 0.402. The molecule has 0 aliphatic rings. The number of fused-ring (bicyclic) bond motifs is 1. The SMILES string of the molecule is O=c1cc(C(F)(F)F)c2ccc(NCc3cnc(Cl)s3)cc2o1. The van der Waals surface area contributed by atoms with E-state index in [0.29, 0.717) is 22.8 Å². The second-order valence-corrected chi connectivity index (χ2v) is 6.32. The van der Waals surface area contributed by atoms with Gasteiger partial charge in [0.2, 0.25) is 0 Å². The van der Waals surface area contributed by atoms with Crippen molar-refractivity contribution in [3.05, 3.63) is 55.8 Å². The van der Waals surface area contributed by atoms with Crippen LogP contribution in [0.2, 0.25) is 4.47 Å². The Morgan fingerprint density at radius 3 is 2.74 bits per heavy atom. The van der Waals surface area contributed by atoms with Gasteiger partial charge in [0, 0.05) is 34.3 Å². The van der Waals surface area contributed by atoms with Gasteiger partial charge in [-0.1, -0.05) is 11.6 Å². The molecule has 0 unspecified atom stereocenters. The maximum atomic E-state index is 13.0. The zero-order chi connectivity index (χ0) is 16.6. The Hall–Kier alpha value is -2.06. The lowest BCUT2D eigenvalue weighted by Gasteiger charge is -2.10. The number of alkyl halides is 3. The minimum atomic E-state index is -4.62. The van der Waals surface area contributed by atoms with Gasteiger partial charge in [0.25, 0.3) is 0 Å². The topological polar surface area (TPSA) is 55.1 Å². The van der Waals surface area contributed by atoms with Crippen molar-refractivity contribution in [1.82, 2.24) is 4.98 Å². The zero-order valence-electron chi connectivity index (χ0n) is 11.3. The van der Waals surface area contributed by atoms with Crippen LogP contribution in [0.15, 0.2) is 39.7 Å². The Bertz CT molecular complexity index is 920. The molecule has 0 fully saturated rings. The predicted molar refractivity (Wildman–Crippen MR) is 81.9 cm³/mol. The highest BCUT2D eigenvalue weighted by Gasteiger charge is 2.33. The monoisotopic (exact) mass is 360 g/mol. The molecule has 120 valence electrons. The fourth-order valence-corrected chi connectivity index (χ4v) is 2.98. The smallest absolute Gasteiger partial charge is 0.417 e. The van der Waals surface area contributed by atoms with E-state index in [-0.39, 0.29) is 11.0 Å². The van der Waals surface area contributed by atoms with E-state index < -0.39 is 17.4 Å². The van der Waals surface area contributed by atoms with Crippen molar-refractivity contribution in [2.75, 3.05) is 5.32 Å². The van der Waals surface area contributed by atoms with Crippen LogP contribution in [-0.2, 0) is 12.7 Å². The maximum Gasteiger partial charge on any atom is 0.417 e. The summed E-state index contributed by atoms with van der Waals surface area (Å²) in [5.41, 5.74) is -1.66. The largest absolute Gasteiger partial charge is 0.423 e. The van der Waals surface area contributed by atoms with Crippen LogP contribution in [-0.4, -0.2) is 4.98 Å². The number of aromatic nitrogens is 1. The van der Waals surface area contributed by atoms with Crippen molar-refractivity contribution in [3.8, 4) is 0 Å². The minimum Gasteiger partial charge on any atom is -0.423 e. The molecule has 2 heterocycles. The molecular weight excluding hydrogens is 353 g/mol. The highest BCUT2D eigenvalue weighted by Crippen LogP contribution is 2.34. The molecule has 4 nitrogen and oxygen atoms in total. The van der Waals surface area contributed by atoms with Crippen LogP contribution in [0, 0.1) is 0 Å². The Labute approximate surface area is 136 Å². The van der Waals surface area contributed by atoms with Gasteiger partial charge in [0.1, 0.15) is 5.58 Å². The Morgan fingerprint density at radius 1 is 1.30 bits per heavy atom. The van der Waals surface area contributed by atoms with Crippen molar-refractivity contribution < 1.29 is 17.6 Å². The molecule has 3 rings (SSSR count). The highest BCUT2D eigenvalue weighted by molar-refractivity contribution is 7.15. The van der Waals surface area contributed by atoms with E-state index in [1.165, 1.54) is 29.5 Å². The molecule has 0 saturated heterocycles. The van der Waals surface area contributed by atoms with Crippen molar-refractivity contribution in [1.29, 1.82) is 0 Å². The van der Waals surface area contributed by atoms with Crippen LogP contribution in [0.1, 0.15) is 10.4 Å². The standard InChI is InChI=1S/C14H8ClF3N2O2S/c15-13-20-6-8(23-13)5-19-7-1-2-9-10(14(16,17)18)4-12(21)22-11(9)3-7/h1-4,6,19H,5H2. The van der Waals surface area contributed by atoms with Crippen molar-refractivity contribution in [2.24, 2.45) is 0 Å². The number of benzene rings is 1. The molecule has 2 aromatic heterocycles. The van der Waals surface area contributed by atoms with E-state index in [1.807, 2.05) is 0 Å². The number of nitrogens with zero attached hydrogens (tertiary/aromatic N) is 1. The second kappa shape index (κ2) is 5.86. The van der Waals surface area contributed by atoms with E-state index in [2.05, 4.69) is 10.3 Å². The summed E-state index contributed by atoms with van der Waals surface area (Å²) in [5, 5.41) is 2.85. The number of halogens is 4. The fraction of sp³-hybridized carbons (Fsp3) is 0.143. The summed E-state index contributed by atoms with van der Waals surface area (Å²) in [4.78, 5) is 16.1. The summed E-state index contributed by atoms with van der Waals surface area (Å²) >= 11 is 7.01. The third-order valence-corrected chi connectivity index (χ3v) is 4.16. The highest BCUT2D eigenvalue weighted by atomic mass is 35.5. The normalized spacial score (nSPS) is 11.8. The van der Waals surface area contributed by atoms with Gasteiger partial charge in [-0.3, -0.25) is 0 Å². The lowest BCUT2D eigenvalue weighted by molar-refractivity contribution is -0.136. The van der Waals surface area contributed by atoms with Crippen LogP contribution < -0.4 is 10.9 Å². The third kappa shape index (κ3) is 3.48. The number of hydrogen-bond donors (Lipinski definition) is 1. The molecule has 0 aliphatic carbocycles. The van der Waals surface area contributed by atoms with E-state index in [9.17, 15) is 18.0 Å². The molecule has 23 heavy (non-hydrogen) atoms. The van der Waals surface area contributed by atoms with Crippen molar-refractivity contribution in [2.45, 2.75) is 12.7 Å². The first kappa shape index (κ1) is 15.8. The lowest BCUT2D eigenvalue weighted by Crippen LogP contribution is -2.11. The van der Waals surface area contributed by atoms with Gasteiger partial charge >= 0.3 is 11.8 Å². The van der Waals surface area contributed by atoms with Gasteiger partial charge in [0.15, 0.2) is 4.47 Å². The Morgan fingerprint density at radius 2 is 2.09 bits per heavy atom. The van der Waals surface area contributed by atoms with Gasteiger partial charge in [-0.2, -0.15) is 13.2 Å². The lowest BCUT2D eigenvalue weighted by atomic mass is 10.1. The molecule has 0 spiro atoms. The molecule has 0 radical (unpaired) electrons. The average molecular weight is 361 g/mol. The van der Waals surface area contributed by atoms with E-state index in [1.54, 1.807) is 6.20 Å². The minimum absolute atomic E-state index is 0.128. The number of nitrogens with one attached hydrogen (secondary N) is 1. The van der Waals surface area contributed by atoms with Gasteiger partial charge in [-0.15, -0.1) is 11.3 Å². The number of rotatable bonds is 3. The quantitative estimate of drug-likeness (QED) is 0.697. The molecule has 1 aromatic carbocycles. The summed E-state index contributed by atoms with van der Waals surface area (Å²) in [5.74, 6) is 0. The van der Waals surface area contributed by atoms with Gasteiger partial charge in [-0.25, -0.2) is 9.78 Å². The first-order valence-corrected chi connectivity index (χ1v) is 7.51. The predicted octanol–water partition coefficient (Wildman–Crippen LogP) is 4.53. The maximum absolute atomic E-state index is 13.0. The van der Waals surface area contributed by atoms with Gasteiger partial charge < -0.3 is 9.73 Å². The molecule has 0 aliphatic heterocycles. The molecule has 1 N–H and O–H groups in total. The molecule has 3 aromatic rings. The molecule has 0 saturated carbocycles. The summed E-state index contributed by atoms with van der Waals surface area (Å²) in [6.07, 6.45) is -3.02. The molecular formula is C14H8ClF3N2O2S. The Balaban J connectivity index is 1.94. The molecule has 0 amide bonds. The summed E-state index contributed by atoms with van der Waals surface area (Å²) < 4.78 is 44.1. The Kier molecular flexibility index (Phi) is 4.03. The van der Waals surface area contributed by atoms with Gasteiger partial charge in [0.05, 0.1) is 12.1 Å². The number of hydrogen-bond acceptors (Lipinski definition) is 5. The van der Waals surface area contributed by atoms with Crippen LogP contribution in [0.3, 0.4) is 0 Å². The van der Waals surface area contributed by atoms with Crippen LogP contribution >= 0.6 is 22.9 Å². The van der Waals surface area contributed by atoms with Crippen molar-refractivity contribution >= 4 is 39.6 Å². The van der Waals surface area contributed by atoms with Crippen LogP contribution in [0.25, 0.3) is 11.0 Å². The molecule has 0 bridgehead atoms. The van der Waals surface area contributed by atoms with Crippen LogP contribution in [0.5, 0.6) is 0 Å². The van der Waals surface area contributed by atoms with Gasteiger partial charge in [-0.05, 0) is 12.1 Å². The second-order valence-electron chi connectivity index (χ2n) is 4.62. The van der Waals surface area contributed by atoms with E-state index >= 15 is 0 Å². The molecule has 9 heteroatoms. The number of thiazole rings is 1. The molecule has 0 atom stereocenters. The first-order chi connectivity index (χ1) is 10.8. The first-order valence-electron chi connectivity index (χ1n) is 6.32. The van der Waals surface area contributed by atoms with E-state index in [0.717, 1.165) is 4.88 Å².